The fourth-order valence-corrected chi connectivity index (χ4v) is 2.95. The molecule has 2 fully saturated rings. The van der Waals surface area contributed by atoms with E-state index < -0.39 is 12.0 Å². The summed E-state index contributed by atoms with van der Waals surface area (Å²) in [5.41, 5.74) is 0. The summed E-state index contributed by atoms with van der Waals surface area (Å²) < 4.78 is 0. The first-order valence-corrected chi connectivity index (χ1v) is 5.61. The zero-order valence-corrected chi connectivity index (χ0v) is 8.90. The van der Waals surface area contributed by atoms with Crippen molar-refractivity contribution in [3.05, 3.63) is 0 Å². The second kappa shape index (κ2) is 3.83. The highest BCUT2D eigenvalue weighted by Crippen LogP contribution is 2.48. The van der Waals surface area contributed by atoms with E-state index in [1.807, 2.05) is 0 Å². The third kappa shape index (κ3) is 1.98. The third-order valence-electron chi connectivity index (χ3n) is 3.80. The monoisotopic (exact) mass is 211 g/mol. The van der Waals surface area contributed by atoms with E-state index >= 15 is 0 Å². The summed E-state index contributed by atoms with van der Waals surface area (Å²) in [7, 11) is 0. The number of hydrogen-bond donors (Lipinski definition) is 2. The van der Waals surface area contributed by atoms with Crippen molar-refractivity contribution in [2.75, 3.05) is 0 Å². The molecule has 2 aliphatic carbocycles. The van der Waals surface area contributed by atoms with Gasteiger partial charge in [0.1, 0.15) is 6.04 Å². The molecule has 0 saturated heterocycles. The maximum Gasteiger partial charge on any atom is 0.325 e. The average Bonchev–Trinajstić information content (AvgIpc) is 2.78. The van der Waals surface area contributed by atoms with Gasteiger partial charge in [-0.05, 0) is 38.0 Å². The Morgan fingerprint density at radius 1 is 1.33 bits per heavy atom. The van der Waals surface area contributed by atoms with E-state index in [-0.39, 0.29) is 11.8 Å². The molecule has 15 heavy (non-hydrogen) atoms. The molecule has 2 aliphatic rings. The highest BCUT2D eigenvalue weighted by Gasteiger charge is 2.43. The van der Waals surface area contributed by atoms with Gasteiger partial charge in [0, 0.05) is 5.92 Å². The molecule has 1 amide bonds. The number of nitrogens with one attached hydrogen (secondary N) is 1. The van der Waals surface area contributed by atoms with Crippen molar-refractivity contribution in [2.24, 2.45) is 17.8 Å². The highest BCUT2D eigenvalue weighted by molar-refractivity contribution is 5.85. The number of carbonyl (C=O) groups is 2. The zero-order chi connectivity index (χ0) is 11.0. The van der Waals surface area contributed by atoms with Crippen LogP contribution in [0.2, 0.25) is 0 Å². The molecule has 2 N–H and O–H groups in total. The van der Waals surface area contributed by atoms with Gasteiger partial charge in [-0.2, -0.15) is 0 Å². The number of hydrogen-bond acceptors (Lipinski definition) is 2. The molecule has 4 heteroatoms. The van der Waals surface area contributed by atoms with Gasteiger partial charge in [0.15, 0.2) is 0 Å². The van der Waals surface area contributed by atoms with Gasteiger partial charge in [0.25, 0.3) is 0 Å². The molecule has 0 aromatic carbocycles. The summed E-state index contributed by atoms with van der Waals surface area (Å²) in [5.74, 6) is 0.274. The predicted molar refractivity (Wildman–Crippen MR) is 54.2 cm³/mol. The summed E-state index contributed by atoms with van der Waals surface area (Å²) >= 11 is 0. The molecule has 0 aromatic rings. The van der Waals surface area contributed by atoms with Gasteiger partial charge in [-0.15, -0.1) is 0 Å². The van der Waals surface area contributed by atoms with Crippen LogP contribution in [0.3, 0.4) is 0 Å². The van der Waals surface area contributed by atoms with Crippen molar-refractivity contribution in [2.45, 2.75) is 38.6 Å². The lowest BCUT2D eigenvalue weighted by Gasteiger charge is -2.21. The van der Waals surface area contributed by atoms with Crippen LogP contribution in [0.15, 0.2) is 0 Å². The number of amides is 1. The van der Waals surface area contributed by atoms with Crippen LogP contribution in [0.25, 0.3) is 0 Å². The van der Waals surface area contributed by atoms with Gasteiger partial charge < -0.3 is 10.4 Å². The van der Waals surface area contributed by atoms with Gasteiger partial charge in [0.05, 0.1) is 0 Å². The summed E-state index contributed by atoms with van der Waals surface area (Å²) in [6, 6.07) is -0.767. The Morgan fingerprint density at radius 3 is 2.53 bits per heavy atom. The minimum absolute atomic E-state index is 0.0582. The lowest BCUT2D eigenvalue weighted by Crippen LogP contribution is -2.42. The molecule has 0 aliphatic heterocycles. The number of fused-ring (bicyclic) bond motifs is 2. The van der Waals surface area contributed by atoms with Crippen molar-refractivity contribution < 1.29 is 14.7 Å². The standard InChI is InChI=1S/C11H17NO3/c1-6(11(14)15)12-10(13)9-5-7-2-3-8(9)4-7/h6-9H,2-5H2,1H3,(H,12,13)(H,14,15)/t6-,7?,8?,9?/m1/s1. The topological polar surface area (TPSA) is 66.4 Å². The van der Waals surface area contributed by atoms with Crippen LogP contribution in [-0.4, -0.2) is 23.0 Å². The van der Waals surface area contributed by atoms with Crippen LogP contribution in [-0.2, 0) is 9.59 Å². The largest absolute Gasteiger partial charge is 0.480 e. The minimum atomic E-state index is -0.966. The molecular formula is C11H17NO3. The lowest BCUT2D eigenvalue weighted by molar-refractivity contribution is -0.142. The zero-order valence-electron chi connectivity index (χ0n) is 8.90. The average molecular weight is 211 g/mol. The number of carboxylic acid groups (broad SMARTS) is 1. The molecule has 2 bridgehead atoms. The number of rotatable bonds is 3. The molecule has 0 radical (unpaired) electrons. The quantitative estimate of drug-likeness (QED) is 0.732. The molecule has 0 spiro atoms. The van der Waals surface area contributed by atoms with Gasteiger partial charge in [-0.25, -0.2) is 0 Å². The fourth-order valence-electron chi connectivity index (χ4n) is 2.95. The Kier molecular flexibility index (Phi) is 2.67. The van der Waals surface area contributed by atoms with Crippen LogP contribution >= 0.6 is 0 Å². The Morgan fingerprint density at radius 2 is 2.07 bits per heavy atom. The molecule has 0 aromatic heterocycles. The van der Waals surface area contributed by atoms with E-state index in [1.54, 1.807) is 0 Å². The van der Waals surface area contributed by atoms with E-state index in [0.29, 0.717) is 11.8 Å². The lowest BCUT2D eigenvalue weighted by atomic mass is 9.88. The first-order valence-electron chi connectivity index (χ1n) is 5.61. The molecule has 4 atom stereocenters. The number of aliphatic carboxylic acids is 1. The van der Waals surface area contributed by atoms with Gasteiger partial charge in [-0.1, -0.05) is 6.42 Å². The Balaban J connectivity index is 1.89. The Bertz CT molecular complexity index is 290. The van der Waals surface area contributed by atoms with Crippen molar-refractivity contribution in [1.82, 2.24) is 5.32 Å². The van der Waals surface area contributed by atoms with E-state index in [2.05, 4.69) is 5.32 Å². The van der Waals surface area contributed by atoms with Gasteiger partial charge in [-0.3, -0.25) is 9.59 Å². The summed E-state index contributed by atoms with van der Waals surface area (Å²) in [4.78, 5) is 22.4. The van der Waals surface area contributed by atoms with Crippen molar-refractivity contribution in [1.29, 1.82) is 0 Å². The maximum absolute atomic E-state index is 11.8. The first kappa shape index (κ1) is 10.5. The van der Waals surface area contributed by atoms with Crippen LogP contribution in [0.1, 0.15) is 32.6 Å². The Labute approximate surface area is 89.0 Å². The maximum atomic E-state index is 11.8. The fraction of sp³-hybridized carbons (Fsp3) is 0.818. The van der Waals surface area contributed by atoms with Crippen LogP contribution in [0, 0.1) is 17.8 Å². The third-order valence-corrected chi connectivity index (χ3v) is 3.80. The van der Waals surface area contributed by atoms with Gasteiger partial charge >= 0.3 is 5.97 Å². The minimum Gasteiger partial charge on any atom is -0.480 e. The molecule has 3 unspecified atom stereocenters. The number of carboxylic acids is 1. The molecule has 2 saturated carbocycles. The van der Waals surface area contributed by atoms with Crippen LogP contribution in [0.4, 0.5) is 0 Å². The van der Waals surface area contributed by atoms with Crippen molar-refractivity contribution in [3.63, 3.8) is 0 Å². The van der Waals surface area contributed by atoms with Crippen molar-refractivity contribution in [3.8, 4) is 0 Å². The van der Waals surface area contributed by atoms with Crippen LogP contribution < -0.4 is 5.32 Å². The van der Waals surface area contributed by atoms with E-state index in [0.717, 1.165) is 12.8 Å². The van der Waals surface area contributed by atoms with E-state index in [1.165, 1.54) is 19.8 Å². The van der Waals surface area contributed by atoms with E-state index in [4.69, 9.17) is 5.11 Å². The second-order valence-corrected chi connectivity index (χ2v) is 4.85. The normalized spacial score (nSPS) is 35.1. The predicted octanol–water partition coefficient (Wildman–Crippen LogP) is 1.01. The SMILES string of the molecule is C[C@@H](NC(=O)C1CC2CCC1C2)C(=O)O. The Hall–Kier alpha value is -1.06. The van der Waals surface area contributed by atoms with Gasteiger partial charge in [0.2, 0.25) is 5.91 Å². The number of carbonyl (C=O) groups excluding carboxylic acids is 1. The summed E-state index contributed by atoms with van der Waals surface area (Å²) in [6.07, 6.45) is 4.52. The van der Waals surface area contributed by atoms with E-state index in [9.17, 15) is 9.59 Å². The smallest absolute Gasteiger partial charge is 0.325 e. The first-order chi connectivity index (χ1) is 7.08. The van der Waals surface area contributed by atoms with Crippen LogP contribution in [0.5, 0.6) is 0 Å². The summed E-state index contributed by atoms with van der Waals surface area (Å²) in [6.45, 7) is 1.51. The highest BCUT2D eigenvalue weighted by atomic mass is 16.4. The van der Waals surface area contributed by atoms with Crippen molar-refractivity contribution >= 4 is 11.9 Å². The molecule has 2 rings (SSSR count). The summed E-state index contributed by atoms with van der Waals surface area (Å²) in [5, 5.41) is 11.3. The molecule has 84 valence electrons. The second-order valence-electron chi connectivity index (χ2n) is 4.85. The molecule has 0 heterocycles. The molecular weight excluding hydrogens is 194 g/mol. The molecule has 4 nitrogen and oxygen atoms in total.